The van der Waals surface area contributed by atoms with Gasteiger partial charge in [-0.25, -0.2) is 17.2 Å². The molecular weight excluding hydrogens is 450 g/mol. The summed E-state index contributed by atoms with van der Waals surface area (Å²) >= 11 is 0. The molecule has 0 radical (unpaired) electrons. The van der Waals surface area contributed by atoms with Crippen LogP contribution in [0, 0.1) is 11.6 Å². The molecule has 174 valence electrons. The van der Waals surface area contributed by atoms with Gasteiger partial charge in [-0.1, -0.05) is 18.2 Å². The number of rotatable bonds is 12. The Balaban J connectivity index is 1.98. The highest BCUT2D eigenvalue weighted by Crippen LogP contribution is 2.19. The highest BCUT2D eigenvalue weighted by Gasteiger charge is 2.30. The molecule has 2 rings (SSSR count). The number of carbonyl (C=O) groups is 1. The van der Waals surface area contributed by atoms with Crippen molar-refractivity contribution in [3.05, 3.63) is 59.7 Å². The second-order valence-electron chi connectivity index (χ2n) is 6.46. The van der Waals surface area contributed by atoms with Crippen LogP contribution in [0.4, 0.5) is 8.78 Å². The summed E-state index contributed by atoms with van der Waals surface area (Å²) < 4.78 is 59.7. The average Bonchev–Trinajstić information content (AvgIpc) is 2.70. The summed E-state index contributed by atoms with van der Waals surface area (Å²) in [6.45, 7) is 0.532. The van der Waals surface area contributed by atoms with Gasteiger partial charge in [0.05, 0.1) is 6.61 Å². The molecule has 0 amide bonds. The molecule has 2 aromatic rings. The molecule has 0 bridgehead atoms. The van der Waals surface area contributed by atoms with E-state index in [-0.39, 0.29) is 19.0 Å². The lowest BCUT2D eigenvalue weighted by molar-refractivity contribution is -0.138. The number of nitrogens with two attached hydrogens (primary N) is 2. The third-order valence-electron chi connectivity index (χ3n) is 3.96. The van der Waals surface area contributed by atoms with Crippen molar-refractivity contribution < 1.29 is 36.7 Å². The van der Waals surface area contributed by atoms with E-state index in [1.54, 1.807) is 24.3 Å². The number of carboxylic acid groups (broad SMARTS) is 1. The van der Waals surface area contributed by atoms with Crippen LogP contribution in [0.3, 0.4) is 0 Å². The third kappa shape index (κ3) is 7.35. The Morgan fingerprint density at radius 1 is 1.09 bits per heavy atom. The molecule has 0 saturated carbocycles. The van der Waals surface area contributed by atoms with E-state index in [2.05, 4.69) is 5.16 Å². The number of nitrogens with zero attached hydrogens (tertiary/aromatic N) is 1. The second kappa shape index (κ2) is 11.2. The summed E-state index contributed by atoms with van der Waals surface area (Å²) in [6, 6.07) is 7.08. The summed E-state index contributed by atoms with van der Waals surface area (Å²) in [7, 11) is -4.76. The first kappa shape index (κ1) is 24.8. The first-order valence-electron chi connectivity index (χ1n) is 9.22. The number of oxime groups is 1. The molecule has 0 aromatic heterocycles. The number of ether oxygens (including phenoxy) is 1. The van der Waals surface area contributed by atoms with Crippen LogP contribution < -0.4 is 20.9 Å². The van der Waals surface area contributed by atoms with Crippen LogP contribution in [0.1, 0.15) is 12.0 Å². The van der Waals surface area contributed by atoms with Crippen molar-refractivity contribution >= 4 is 22.0 Å². The molecule has 13 heteroatoms. The second-order valence-corrected chi connectivity index (χ2v) is 8.11. The monoisotopic (exact) mass is 472 g/mol. The molecular formula is C19H22F2N4O6S. The summed E-state index contributed by atoms with van der Waals surface area (Å²) in [5.74, 6) is -3.87. The SMILES string of the molecule is NC(N)=NOCCCOc1ccc(C[C@H](NS(=O)(=O)c2c(F)cccc2F)C(=O)O)cc1. The number of benzene rings is 2. The molecule has 0 spiro atoms. The smallest absolute Gasteiger partial charge is 0.322 e. The van der Waals surface area contributed by atoms with Gasteiger partial charge in [-0.2, -0.15) is 4.72 Å². The van der Waals surface area contributed by atoms with E-state index in [0.29, 0.717) is 24.3 Å². The number of halogens is 2. The van der Waals surface area contributed by atoms with E-state index in [4.69, 9.17) is 21.0 Å². The van der Waals surface area contributed by atoms with E-state index in [1.165, 1.54) is 0 Å². The van der Waals surface area contributed by atoms with Crippen LogP contribution >= 0.6 is 0 Å². The fourth-order valence-corrected chi connectivity index (χ4v) is 3.88. The number of guanidine groups is 1. The van der Waals surface area contributed by atoms with E-state index in [0.717, 1.165) is 18.2 Å². The molecule has 32 heavy (non-hydrogen) atoms. The minimum Gasteiger partial charge on any atom is -0.493 e. The quantitative estimate of drug-likeness (QED) is 0.153. The van der Waals surface area contributed by atoms with Crippen LogP contribution in [0.5, 0.6) is 5.75 Å². The van der Waals surface area contributed by atoms with Gasteiger partial charge < -0.3 is 26.1 Å². The van der Waals surface area contributed by atoms with Crippen LogP contribution in [-0.2, 0) is 26.1 Å². The van der Waals surface area contributed by atoms with Gasteiger partial charge >= 0.3 is 5.97 Å². The van der Waals surface area contributed by atoms with Crippen LogP contribution in [0.15, 0.2) is 52.5 Å². The van der Waals surface area contributed by atoms with Crippen molar-refractivity contribution in [1.82, 2.24) is 4.72 Å². The van der Waals surface area contributed by atoms with Crippen LogP contribution in [0.25, 0.3) is 0 Å². The van der Waals surface area contributed by atoms with Gasteiger partial charge in [-0.3, -0.25) is 4.79 Å². The Bertz CT molecular complexity index is 1040. The molecule has 0 aliphatic rings. The van der Waals surface area contributed by atoms with E-state index < -0.39 is 38.6 Å². The molecule has 1 atom stereocenters. The lowest BCUT2D eigenvalue weighted by Gasteiger charge is -2.16. The minimum absolute atomic E-state index is 0.192. The molecule has 0 aliphatic heterocycles. The standard InChI is InChI=1S/C19H22F2N4O6S/c20-14-3-1-4-15(21)17(14)32(28,29)25-16(18(26)27)11-12-5-7-13(8-6-12)30-9-2-10-31-24-19(22)23/h1,3-8,16,25H,2,9-11H2,(H,26,27)(H4,22,23,24)/t16-/m0/s1. The average molecular weight is 472 g/mol. The van der Waals surface area contributed by atoms with Crippen LogP contribution in [0.2, 0.25) is 0 Å². The zero-order valence-electron chi connectivity index (χ0n) is 16.7. The zero-order chi connectivity index (χ0) is 23.7. The third-order valence-corrected chi connectivity index (χ3v) is 5.49. The number of hydrogen-bond acceptors (Lipinski definition) is 6. The predicted octanol–water partition coefficient (Wildman–Crippen LogP) is 0.913. The summed E-state index contributed by atoms with van der Waals surface area (Å²) in [6.07, 6.45) is 0.227. The normalized spacial score (nSPS) is 12.1. The van der Waals surface area contributed by atoms with Gasteiger partial charge in [-0.05, 0) is 41.4 Å². The summed E-state index contributed by atoms with van der Waals surface area (Å²) in [5.41, 5.74) is 10.7. The fourth-order valence-electron chi connectivity index (χ4n) is 2.56. The molecule has 10 nitrogen and oxygen atoms in total. The largest absolute Gasteiger partial charge is 0.493 e. The van der Waals surface area contributed by atoms with E-state index in [1.807, 2.05) is 4.72 Å². The molecule has 2 aromatic carbocycles. The Morgan fingerprint density at radius 2 is 1.72 bits per heavy atom. The Morgan fingerprint density at radius 3 is 2.28 bits per heavy atom. The maximum atomic E-state index is 13.8. The zero-order valence-corrected chi connectivity index (χ0v) is 17.5. The lowest BCUT2D eigenvalue weighted by Crippen LogP contribution is -2.42. The topological polar surface area (TPSA) is 166 Å². The number of hydrogen-bond donors (Lipinski definition) is 4. The Hall–Kier alpha value is -3.45. The van der Waals surface area contributed by atoms with Gasteiger partial charge in [0.2, 0.25) is 16.0 Å². The maximum Gasteiger partial charge on any atom is 0.322 e. The first-order valence-corrected chi connectivity index (χ1v) is 10.7. The van der Waals surface area contributed by atoms with Crippen molar-refractivity contribution in [2.45, 2.75) is 23.8 Å². The van der Waals surface area contributed by atoms with Gasteiger partial charge in [0.25, 0.3) is 0 Å². The van der Waals surface area contributed by atoms with Crippen molar-refractivity contribution in [3.63, 3.8) is 0 Å². The predicted molar refractivity (Wildman–Crippen MR) is 110 cm³/mol. The summed E-state index contributed by atoms with van der Waals surface area (Å²) in [5, 5.41) is 12.7. The van der Waals surface area contributed by atoms with Crippen molar-refractivity contribution in [1.29, 1.82) is 0 Å². The Labute approximate surface area is 182 Å². The molecule has 0 unspecified atom stereocenters. The van der Waals surface area contributed by atoms with Crippen molar-refractivity contribution in [2.24, 2.45) is 16.6 Å². The number of nitrogens with one attached hydrogen (secondary N) is 1. The molecule has 0 saturated heterocycles. The van der Waals surface area contributed by atoms with Gasteiger partial charge in [0.1, 0.15) is 30.0 Å². The molecule has 6 N–H and O–H groups in total. The van der Waals surface area contributed by atoms with Gasteiger partial charge in [0, 0.05) is 6.42 Å². The molecule has 0 heterocycles. The summed E-state index contributed by atoms with van der Waals surface area (Å²) in [4.78, 5) is 15.1. The minimum atomic E-state index is -4.76. The van der Waals surface area contributed by atoms with Crippen molar-refractivity contribution in [2.75, 3.05) is 13.2 Å². The first-order chi connectivity index (χ1) is 15.1. The van der Waals surface area contributed by atoms with E-state index >= 15 is 0 Å². The van der Waals surface area contributed by atoms with Gasteiger partial charge in [0.15, 0.2) is 4.90 Å². The van der Waals surface area contributed by atoms with Gasteiger partial charge in [-0.15, -0.1) is 0 Å². The number of sulfonamides is 1. The lowest BCUT2D eigenvalue weighted by atomic mass is 10.1. The fraction of sp³-hybridized carbons (Fsp3) is 0.263. The highest BCUT2D eigenvalue weighted by atomic mass is 32.2. The number of aliphatic carboxylic acids is 1. The number of carboxylic acids is 1. The maximum absolute atomic E-state index is 13.8. The molecule has 0 fully saturated rings. The van der Waals surface area contributed by atoms with Crippen molar-refractivity contribution in [3.8, 4) is 5.75 Å². The van der Waals surface area contributed by atoms with E-state index in [9.17, 15) is 27.1 Å². The highest BCUT2D eigenvalue weighted by molar-refractivity contribution is 7.89. The van der Waals surface area contributed by atoms with Crippen LogP contribution in [-0.4, -0.2) is 44.7 Å². The molecule has 0 aliphatic carbocycles. The Kier molecular flexibility index (Phi) is 8.72.